The first kappa shape index (κ1) is 17.6. The average Bonchev–Trinajstić information content (AvgIpc) is 2.41. The number of carbonyl (C=O) groups excluding carboxylic acids is 1. The fourth-order valence-corrected chi connectivity index (χ4v) is 2.16. The van der Waals surface area contributed by atoms with Crippen molar-refractivity contribution in [2.24, 2.45) is 0 Å². The number of carbonyl (C=O) groups is 2. The number of amides is 1. The van der Waals surface area contributed by atoms with Crippen LogP contribution in [0.3, 0.4) is 0 Å². The lowest BCUT2D eigenvalue weighted by Gasteiger charge is -2.13. The van der Waals surface area contributed by atoms with Gasteiger partial charge in [-0.1, -0.05) is 17.7 Å². The van der Waals surface area contributed by atoms with E-state index in [0.717, 1.165) is 11.8 Å². The molecular formula is C13H16ClNO5S. The number of carboxylic acids is 1. The Kier molecular flexibility index (Phi) is 7.96. The van der Waals surface area contributed by atoms with Gasteiger partial charge in [0.2, 0.25) is 5.91 Å². The molecule has 8 heteroatoms. The minimum atomic E-state index is -0.959. The zero-order chi connectivity index (χ0) is 15.7. The number of hydrogen-bond donors (Lipinski definition) is 2. The normalized spacial score (nSPS) is 10.2. The van der Waals surface area contributed by atoms with Crippen LogP contribution in [0.25, 0.3) is 0 Å². The molecule has 0 heterocycles. The Labute approximate surface area is 131 Å². The number of thioether (sulfide) groups is 1. The van der Waals surface area contributed by atoms with Crippen molar-refractivity contribution in [2.75, 3.05) is 37.1 Å². The molecule has 0 bridgehead atoms. The first-order chi connectivity index (χ1) is 10.0. The number of hydrogen-bond acceptors (Lipinski definition) is 5. The molecule has 1 aromatic carbocycles. The zero-order valence-electron chi connectivity index (χ0n) is 11.4. The van der Waals surface area contributed by atoms with E-state index in [1.54, 1.807) is 25.3 Å². The molecule has 21 heavy (non-hydrogen) atoms. The van der Waals surface area contributed by atoms with Crippen molar-refractivity contribution in [3.05, 3.63) is 23.2 Å². The first-order valence-electron chi connectivity index (χ1n) is 6.04. The number of rotatable bonds is 9. The van der Waals surface area contributed by atoms with Crippen molar-refractivity contribution in [1.29, 1.82) is 0 Å². The quantitative estimate of drug-likeness (QED) is 0.673. The predicted octanol–water partition coefficient (Wildman–Crippen LogP) is 2.12. The molecule has 0 aliphatic heterocycles. The third-order valence-electron chi connectivity index (χ3n) is 2.23. The van der Waals surface area contributed by atoms with E-state index in [0.29, 0.717) is 29.7 Å². The molecule has 1 rings (SSSR count). The first-order valence-corrected chi connectivity index (χ1v) is 7.57. The molecule has 0 atom stereocenters. The summed E-state index contributed by atoms with van der Waals surface area (Å²) in [5.41, 5.74) is 0.444. The van der Waals surface area contributed by atoms with E-state index in [1.807, 2.05) is 0 Å². The highest BCUT2D eigenvalue weighted by Gasteiger charge is 2.12. The summed E-state index contributed by atoms with van der Waals surface area (Å²) in [4.78, 5) is 22.1. The Morgan fingerprint density at radius 3 is 2.76 bits per heavy atom. The molecule has 0 spiro atoms. The predicted molar refractivity (Wildman–Crippen MR) is 82.4 cm³/mol. The Balaban J connectivity index is 2.62. The molecule has 116 valence electrons. The third kappa shape index (κ3) is 6.70. The maximum Gasteiger partial charge on any atom is 0.313 e. The molecule has 1 aromatic rings. The van der Waals surface area contributed by atoms with E-state index >= 15 is 0 Å². The molecule has 0 aliphatic carbocycles. The number of para-hydroxylation sites is 1. The van der Waals surface area contributed by atoms with Gasteiger partial charge in [-0.15, -0.1) is 11.8 Å². The largest absolute Gasteiger partial charge is 0.487 e. The number of aliphatic carboxylic acids is 1. The van der Waals surface area contributed by atoms with E-state index in [-0.39, 0.29) is 17.4 Å². The van der Waals surface area contributed by atoms with Gasteiger partial charge >= 0.3 is 5.97 Å². The van der Waals surface area contributed by atoms with Gasteiger partial charge in [0.15, 0.2) is 5.75 Å². The molecule has 0 unspecified atom stereocenters. The second-order valence-electron chi connectivity index (χ2n) is 3.89. The SMILES string of the molecule is COCCOc1c(Cl)cccc1NC(=O)CSCC(=O)O. The molecule has 0 aromatic heterocycles. The summed E-state index contributed by atoms with van der Waals surface area (Å²) in [5, 5.41) is 11.5. The lowest BCUT2D eigenvalue weighted by atomic mass is 10.3. The van der Waals surface area contributed by atoms with Crippen LogP contribution in [0.5, 0.6) is 5.75 Å². The van der Waals surface area contributed by atoms with Crippen molar-refractivity contribution in [3.8, 4) is 5.75 Å². The van der Waals surface area contributed by atoms with Crippen molar-refractivity contribution in [1.82, 2.24) is 0 Å². The molecule has 1 amide bonds. The lowest BCUT2D eigenvalue weighted by molar-refractivity contribution is -0.133. The van der Waals surface area contributed by atoms with Crippen LogP contribution >= 0.6 is 23.4 Å². The van der Waals surface area contributed by atoms with E-state index < -0.39 is 5.97 Å². The molecule has 0 saturated heterocycles. The van der Waals surface area contributed by atoms with Gasteiger partial charge in [0.05, 0.1) is 28.8 Å². The van der Waals surface area contributed by atoms with E-state index in [9.17, 15) is 9.59 Å². The molecule has 0 radical (unpaired) electrons. The second kappa shape index (κ2) is 9.49. The van der Waals surface area contributed by atoms with E-state index in [1.165, 1.54) is 0 Å². The van der Waals surface area contributed by atoms with E-state index in [4.69, 9.17) is 26.2 Å². The highest BCUT2D eigenvalue weighted by molar-refractivity contribution is 8.00. The molecule has 0 saturated carbocycles. The zero-order valence-corrected chi connectivity index (χ0v) is 13.0. The Morgan fingerprint density at radius 1 is 1.33 bits per heavy atom. The van der Waals surface area contributed by atoms with Crippen molar-refractivity contribution >= 4 is 40.9 Å². The summed E-state index contributed by atoms with van der Waals surface area (Å²) < 4.78 is 10.4. The second-order valence-corrected chi connectivity index (χ2v) is 5.29. The number of halogens is 1. The Morgan fingerprint density at radius 2 is 2.10 bits per heavy atom. The number of carboxylic acid groups (broad SMARTS) is 1. The Hall–Kier alpha value is -1.44. The molecule has 6 nitrogen and oxygen atoms in total. The molecule has 2 N–H and O–H groups in total. The van der Waals surface area contributed by atoms with Crippen LogP contribution in [0.2, 0.25) is 5.02 Å². The van der Waals surface area contributed by atoms with Gasteiger partial charge in [-0.25, -0.2) is 0 Å². The minimum Gasteiger partial charge on any atom is -0.487 e. The number of ether oxygens (including phenoxy) is 2. The fraction of sp³-hybridized carbons (Fsp3) is 0.385. The van der Waals surface area contributed by atoms with Crippen LogP contribution in [0.15, 0.2) is 18.2 Å². The smallest absolute Gasteiger partial charge is 0.313 e. The van der Waals surface area contributed by atoms with Crippen LogP contribution < -0.4 is 10.1 Å². The lowest BCUT2D eigenvalue weighted by Crippen LogP contribution is -2.16. The summed E-state index contributed by atoms with van der Waals surface area (Å²) in [6.45, 7) is 0.698. The Bertz CT molecular complexity index is 497. The molecular weight excluding hydrogens is 318 g/mol. The maximum atomic E-state index is 11.7. The van der Waals surface area contributed by atoms with Crippen molar-refractivity contribution in [2.45, 2.75) is 0 Å². The molecule has 0 fully saturated rings. The van der Waals surface area contributed by atoms with Gasteiger partial charge in [0, 0.05) is 7.11 Å². The minimum absolute atomic E-state index is 0.0380. The van der Waals surface area contributed by atoms with Crippen molar-refractivity contribution in [3.63, 3.8) is 0 Å². The summed E-state index contributed by atoms with van der Waals surface area (Å²) >= 11 is 7.05. The summed E-state index contributed by atoms with van der Waals surface area (Å²) in [7, 11) is 1.55. The monoisotopic (exact) mass is 333 g/mol. The van der Waals surface area contributed by atoms with Crippen LogP contribution in [0, 0.1) is 0 Å². The van der Waals surface area contributed by atoms with Crippen molar-refractivity contribution < 1.29 is 24.2 Å². The van der Waals surface area contributed by atoms with Gasteiger partial charge < -0.3 is 19.9 Å². The highest BCUT2D eigenvalue weighted by atomic mass is 35.5. The third-order valence-corrected chi connectivity index (χ3v) is 3.45. The number of methoxy groups -OCH3 is 1. The van der Waals surface area contributed by atoms with Gasteiger partial charge in [-0.3, -0.25) is 9.59 Å². The van der Waals surface area contributed by atoms with Gasteiger partial charge in [0.25, 0.3) is 0 Å². The molecule has 0 aliphatic rings. The number of anilines is 1. The van der Waals surface area contributed by atoms with Crippen LogP contribution in [0.4, 0.5) is 5.69 Å². The standard InChI is InChI=1S/C13H16ClNO5S/c1-19-5-6-20-13-9(14)3-2-4-10(13)15-11(16)7-21-8-12(17)18/h2-4H,5-8H2,1H3,(H,15,16)(H,17,18). The summed E-state index contributed by atoms with van der Waals surface area (Å²) in [6.07, 6.45) is 0. The van der Waals surface area contributed by atoms with Gasteiger partial charge in [-0.05, 0) is 12.1 Å². The number of nitrogens with one attached hydrogen (secondary N) is 1. The highest BCUT2D eigenvalue weighted by Crippen LogP contribution is 2.32. The van der Waals surface area contributed by atoms with Gasteiger partial charge in [0.1, 0.15) is 6.61 Å². The average molecular weight is 334 g/mol. The van der Waals surface area contributed by atoms with Gasteiger partial charge in [-0.2, -0.15) is 0 Å². The van der Waals surface area contributed by atoms with Crippen LogP contribution in [-0.4, -0.2) is 48.8 Å². The van der Waals surface area contributed by atoms with E-state index in [2.05, 4.69) is 5.32 Å². The number of benzene rings is 1. The summed E-state index contributed by atoms with van der Waals surface area (Å²) in [6, 6.07) is 5.00. The van der Waals surface area contributed by atoms with Crippen LogP contribution in [0.1, 0.15) is 0 Å². The topological polar surface area (TPSA) is 84.9 Å². The summed E-state index contributed by atoms with van der Waals surface area (Å²) in [5.74, 6) is -0.997. The van der Waals surface area contributed by atoms with Crippen LogP contribution in [-0.2, 0) is 14.3 Å². The maximum absolute atomic E-state index is 11.7. The fourth-order valence-electron chi connectivity index (χ4n) is 1.40.